The van der Waals surface area contributed by atoms with E-state index in [0.717, 1.165) is 48.7 Å². The van der Waals surface area contributed by atoms with Crippen LogP contribution < -0.4 is 20.7 Å². The van der Waals surface area contributed by atoms with Crippen LogP contribution in [0.25, 0.3) is 0 Å². The molecule has 2 N–H and O–H groups in total. The van der Waals surface area contributed by atoms with Gasteiger partial charge in [0.25, 0.3) is 0 Å². The smallest absolute Gasteiger partial charge is 0.331 e. The fraction of sp³-hybridized carbons (Fsp3) is 0.333. The van der Waals surface area contributed by atoms with Gasteiger partial charge in [0.2, 0.25) is 0 Å². The Hall–Kier alpha value is -3.68. The van der Waals surface area contributed by atoms with Gasteiger partial charge in [0.05, 0.1) is 12.4 Å². The Labute approximate surface area is 190 Å². The number of hydrogen-bond donors (Lipinski definition) is 2. The predicted molar refractivity (Wildman–Crippen MR) is 131 cm³/mol. The largest absolute Gasteiger partial charge is 0.372 e. The Morgan fingerprint density at radius 2 is 0.969 bits per heavy atom. The van der Waals surface area contributed by atoms with Gasteiger partial charge in [-0.2, -0.15) is 10.2 Å². The van der Waals surface area contributed by atoms with Crippen molar-refractivity contribution >= 4 is 35.6 Å². The zero-order valence-electron chi connectivity index (χ0n) is 19.2. The van der Waals surface area contributed by atoms with Gasteiger partial charge >= 0.3 is 11.8 Å². The summed E-state index contributed by atoms with van der Waals surface area (Å²) in [6, 6.07) is 15.6. The van der Waals surface area contributed by atoms with Gasteiger partial charge in [-0.3, -0.25) is 9.59 Å². The zero-order valence-corrected chi connectivity index (χ0v) is 19.2. The Balaban J connectivity index is 1.82. The highest BCUT2D eigenvalue weighted by atomic mass is 16.2. The summed E-state index contributed by atoms with van der Waals surface area (Å²) < 4.78 is 0. The molecular weight excluding hydrogens is 404 g/mol. The average molecular weight is 437 g/mol. The van der Waals surface area contributed by atoms with Crippen molar-refractivity contribution in [2.24, 2.45) is 10.2 Å². The minimum atomic E-state index is -0.893. The summed E-state index contributed by atoms with van der Waals surface area (Å²) >= 11 is 0. The summed E-state index contributed by atoms with van der Waals surface area (Å²) in [5, 5.41) is 7.66. The standard InChI is InChI=1S/C24H32N6O2/c1-5-29(6-2)21-13-9-19(10-14-21)17-25-27-23(31)24(32)28-26-18-20-11-15-22(16-12-20)30(7-3)8-4/h9-18H,5-8H2,1-4H3,(H,27,31)(H,28,32)/b25-17-,26-18+. The Morgan fingerprint density at radius 3 is 1.25 bits per heavy atom. The Bertz CT molecular complexity index is 837. The molecule has 0 bridgehead atoms. The first-order valence-corrected chi connectivity index (χ1v) is 10.9. The highest BCUT2D eigenvalue weighted by Crippen LogP contribution is 2.14. The molecule has 0 saturated carbocycles. The minimum absolute atomic E-state index is 0.813. The summed E-state index contributed by atoms with van der Waals surface area (Å²) in [4.78, 5) is 28.2. The van der Waals surface area contributed by atoms with Gasteiger partial charge in [0, 0.05) is 37.6 Å². The molecule has 2 rings (SSSR count). The second-order valence-corrected chi connectivity index (χ2v) is 6.93. The molecule has 0 atom stereocenters. The van der Waals surface area contributed by atoms with Crippen LogP contribution in [-0.4, -0.2) is 50.4 Å². The second-order valence-electron chi connectivity index (χ2n) is 6.93. The molecule has 0 saturated heterocycles. The molecule has 0 spiro atoms. The van der Waals surface area contributed by atoms with Gasteiger partial charge in [-0.1, -0.05) is 24.3 Å². The molecule has 0 heterocycles. The summed E-state index contributed by atoms with van der Waals surface area (Å²) in [6.45, 7) is 12.1. The first kappa shape index (κ1) is 24.6. The molecule has 2 aromatic rings. The van der Waals surface area contributed by atoms with Crippen LogP contribution in [0.15, 0.2) is 58.7 Å². The molecule has 0 radical (unpaired) electrons. The summed E-state index contributed by atoms with van der Waals surface area (Å²) in [7, 11) is 0. The van der Waals surface area contributed by atoms with Crippen molar-refractivity contribution < 1.29 is 9.59 Å². The van der Waals surface area contributed by atoms with Crippen LogP contribution in [0.5, 0.6) is 0 Å². The summed E-state index contributed by atoms with van der Waals surface area (Å²) in [5.74, 6) is -1.79. The average Bonchev–Trinajstić information content (AvgIpc) is 2.82. The highest BCUT2D eigenvalue weighted by molar-refractivity contribution is 6.35. The monoisotopic (exact) mass is 436 g/mol. The van der Waals surface area contributed by atoms with Gasteiger partial charge in [-0.05, 0) is 63.1 Å². The van der Waals surface area contributed by atoms with E-state index in [9.17, 15) is 9.59 Å². The lowest BCUT2D eigenvalue weighted by Crippen LogP contribution is -2.35. The van der Waals surface area contributed by atoms with Gasteiger partial charge < -0.3 is 9.80 Å². The normalized spacial score (nSPS) is 11.0. The third-order valence-corrected chi connectivity index (χ3v) is 5.01. The number of rotatable bonds is 10. The minimum Gasteiger partial charge on any atom is -0.372 e. The first-order valence-electron chi connectivity index (χ1n) is 10.9. The molecular formula is C24H32N6O2. The zero-order chi connectivity index (χ0) is 23.3. The second kappa shape index (κ2) is 12.9. The van der Waals surface area contributed by atoms with Crippen LogP contribution >= 0.6 is 0 Å². The topological polar surface area (TPSA) is 89.4 Å². The first-order chi connectivity index (χ1) is 15.5. The quantitative estimate of drug-likeness (QED) is 0.340. The van der Waals surface area contributed by atoms with E-state index in [-0.39, 0.29) is 0 Å². The Kier molecular flexibility index (Phi) is 9.90. The van der Waals surface area contributed by atoms with E-state index in [1.54, 1.807) is 0 Å². The van der Waals surface area contributed by atoms with Crippen molar-refractivity contribution in [3.8, 4) is 0 Å². The summed E-state index contributed by atoms with van der Waals surface area (Å²) in [6.07, 6.45) is 2.97. The third kappa shape index (κ3) is 7.23. The number of amides is 2. The van der Waals surface area contributed by atoms with Crippen molar-refractivity contribution in [1.29, 1.82) is 0 Å². The van der Waals surface area contributed by atoms with Crippen molar-refractivity contribution in [1.82, 2.24) is 10.9 Å². The van der Waals surface area contributed by atoms with Crippen LogP contribution in [0.4, 0.5) is 11.4 Å². The number of nitrogens with one attached hydrogen (secondary N) is 2. The molecule has 8 nitrogen and oxygen atoms in total. The molecule has 0 aliphatic heterocycles. The molecule has 0 unspecified atom stereocenters. The van der Waals surface area contributed by atoms with E-state index >= 15 is 0 Å². The molecule has 2 aromatic carbocycles. The van der Waals surface area contributed by atoms with E-state index in [4.69, 9.17) is 0 Å². The fourth-order valence-corrected chi connectivity index (χ4v) is 3.15. The molecule has 2 amide bonds. The summed E-state index contributed by atoms with van der Waals surface area (Å²) in [5.41, 5.74) is 8.27. The molecule has 0 aliphatic rings. The molecule has 32 heavy (non-hydrogen) atoms. The van der Waals surface area contributed by atoms with Crippen LogP contribution in [0.3, 0.4) is 0 Å². The lowest BCUT2D eigenvalue weighted by Gasteiger charge is -2.20. The molecule has 8 heteroatoms. The van der Waals surface area contributed by atoms with Crippen molar-refractivity contribution in [2.45, 2.75) is 27.7 Å². The fourth-order valence-electron chi connectivity index (χ4n) is 3.15. The van der Waals surface area contributed by atoms with Gasteiger partial charge in [-0.15, -0.1) is 0 Å². The maximum atomic E-state index is 11.9. The van der Waals surface area contributed by atoms with E-state index in [0.29, 0.717) is 0 Å². The number of hydrazone groups is 2. The number of carbonyl (C=O) groups excluding carboxylic acids is 2. The number of benzene rings is 2. The predicted octanol–water partition coefficient (Wildman–Crippen LogP) is 2.98. The Morgan fingerprint density at radius 1 is 0.656 bits per heavy atom. The van der Waals surface area contributed by atoms with Crippen LogP contribution in [0, 0.1) is 0 Å². The maximum absolute atomic E-state index is 11.9. The number of anilines is 2. The van der Waals surface area contributed by atoms with Crippen molar-refractivity contribution in [2.75, 3.05) is 36.0 Å². The molecule has 0 aromatic heterocycles. The van der Waals surface area contributed by atoms with Gasteiger partial charge in [-0.25, -0.2) is 10.9 Å². The number of carbonyl (C=O) groups is 2. The van der Waals surface area contributed by atoms with Crippen LogP contribution in [0.2, 0.25) is 0 Å². The van der Waals surface area contributed by atoms with E-state index in [2.05, 4.69) is 58.5 Å². The van der Waals surface area contributed by atoms with E-state index in [1.807, 2.05) is 48.5 Å². The van der Waals surface area contributed by atoms with E-state index in [1.165, 1.54) is 12.4 Å². The van der Waals surface area contributed by atoms with Gasteiger partial charge in [0.15, 0.2) is 0 Å². The van der Waals surface area contributed by atoms with Crippen molar-refractivity contribution in [3.05, 3.63) is 59.7 Å². The molecule has 170 valence electrons. The molecule has 0 fully saturated rings. The third-order valence-electron chi connectivity index (χ3n) is 5.01. The number of nitrogens with zero attached hydrogens (tertiary/aromatic N) is 4. The van der Waals surface area contributed by atoms with Gasteiger partial charge in [0.1, 0.15) is 0 Å². The van der Waals surface area contributed by atoms with Crippen LogP contribution in [0.1, 0.15) is 38.8 Å². The lowest BCUT2D eigenvalue weighted by molar-refractivity contribution is -0.139. The number of hydrogen-bond acceptors (Lipinski definition) is 6. The van der Waals surface area contributed by atoms with Crippen molar-refractivity contribution in [3.63, 3.8) is 0 Å². The highest BCUT2D eigenvalue weighted by Gasteiger charge is 2.11. The lowest BCUT2D eigenvalue weighted by atomic mass is 10.2. The van der Waals surface area contributed by atoms with Crippen LogP contribution in [-0.2, 0) is 9.59 Å². The maximum Gasteiger partial charge on any atom is 0.331 e. The molecule has 0 aliphatic carbocycles. The van der Waals surface area contributed by atoms with E-state index < -0.39 is 11.8 Å². The SMILES string of the molecule is CCN(CC)c1ccc(/C=N\NC(=O)C(=O)N/N=C/c2ccc(N(CC)CC)cc2)cc1.